The number of nitrogens with two attached hydrogens (primary N) is 3. The molecule has 0 bridgehead atoms. The van der Waals surface area contributed by atoms with E-state index in [0.717, 1.165) is 10.9 Å². The van der Waals surface area contributed by atoms with Gasteiger partial charge >= 0.3 is 0 Å². The van der Waals surface area contributed by atoms with Crippen molar-refractivity contribution in [3.05, 3.63) is 71.9 Å². The van der Waals surface area contributed by atoms with Crippen molar-refractivity contribution in [2.45, 2.75) is 120 Å². The molecule has 0 spiro atoms. The monoisotopic (exact) mass is 991 g/mol. The molecule has 2 heterocycles. The Morgan fingerprint density at radius 2 is 1.44 bits per heavy atom. The van der Waals surface area contributed by atoms with Crippen LogP contribution in [0.4, 0.5) is 0 Å². The van der Waals surface area contributed by atoms with Gasteiger partial charge in [0, 0.05) is 50.1 Å². The molecule has 21 N–H and O–H groups in total. The molecule has 1 aromatic heterocycles. The van der Waals surface area contributed by atoms with Gasteiger partial charge in [0.2, 0.25) is 41.4 Å². The summed E-state index contributed by atoms with van der Waals surface area (Å²) < 4.78 is 0. The van der Waals surface area contributed by atoms with Gasteiger partial charge in [0.25, 0.3) is 0 Å². The Labute approximate surface area is 411 Å². The fourth-order valence-electron chi connectivity index (χ4n) is 7.94. The van der Waals surface area contributed by atoms with Crippen molar-refractivity contribution in [2.75, 3.05) is 26.2 Å². The highest BCUT2D eigenvalue weighted by atomic mass is 16.3. The van der Waals surface area contributed by atoms with Crippen LogP contribution in [-0.4, -0.2) is 143 Å². The molecule has 2 unspecified atom stereocenters. The van der Waals surface area contributed by atoms with E-state index in [9.17, 15) is 43.8 Å². The maximum atomic E-state index is 14.4. The van der Waals surface area contributed by atoms with Gasteiger partial charge in [-0.05, 0) is 68.6 Å². The molecule has 25 nitrogen and oxygen atoms in total. The average molecular weight is 991 g/mol. The second-order valence-corrected chi connectivity index (χ2v) is 17.3. The van der Waals surface area contributed by atoms with Crippen LogP contribution in [0.25, 0.3) is 10.9 Å². The van der Waals surface area contributed by atoms with Gasteiger partial charge in [0.05, 0.1) is 31.1 Å². The number of H-pyrrole nitrogens is 1. The van der Waals surface area contributed by atoms with E-state index in [1.54, 1.807) is 36.5 Å². The van der Waals surface area contributed by atoms with Gasteiger partial charge in [-0.25, -0.2) is 0 Å². The van der Waals surface area contributed by atoms with Crippen LogP contribution in [0.1, 0.15) is 69.4 Å². The summed E-state index contributed by atoms with van der Waals surface area (Å²) in [5.41, 5.74) is 18.7. The number of benzene rings is 2. The van der Waals surface area contributed by atoms with Gasteiger partial charge in [-0.2, -0.15) is 0 Å². The van der Waals surface area contributed by atoms with E-state index in [-0.39, 0.29) is 76.5 Å². The number of aliphatic hydroxyl groups is 2. The summed E-state index contributed by atoms with van der Waals surface area (Å²) in [5.74, 6) is -5.61. The summed E-state index contributed by atoms with van der Waals surface area (Å²) in [6.07, 6.45) is -0.702. The Morgan fingerprint density at radius 3 is 2.13 bits per heavy atom. The highest BCUT2D eigenvalue weighted by Crippen LogP contribution is 2.20. The maximum Gasteiger partial charge on any atom is 0.243 e. The van der Waals surface area contributed by atoms with Crippen molar-refractivity contribution >= 4 is 64.2 Å². The standard InChI is InChI=1S/C46H70N16O9/c1-26(63)57-32(16-9-19-53-45(48)49)41(68)62-36-23-37(64)52-18-8-7-15-31(39(47)66)59-44(71)35(22-28-24-55-30-14-6-5-13-29(28)30)61-42(69)33(17-10-20-54-46(50)51)60-43(70)34(21-27-11-3-2-4-12-27)58-38(65)25-56-40(36)67/h2-6,11-14,24,31-36,38,41,55,58,62,65,68H,7-10,15-23,25H2,1H3,(H2,47,66)(H,52,64)(H,56,67)(H,57,63)(H,59,71)(H,60,70)(H,61,69)(H4,48,49,53)(H4,50,51,54)/t31-,32-,33-,34+,35-,36-,38?,41?/m0/s1. The summed E-state index contributed by atoms with van der Waals surface area (Å²) in [4.78, 5) is 98.2. The molecule has 3 aromatic rings. The van der Waals surface area contributed by atoms with Crippen LogP contribution in [0.5, 0.6) is 0 Å². The zero-order valence-corrected chi connectivity index (χ0v) is 39.8. The molecule has 0 saturated carbocycles. The fourth-order valence-corrected chi connectivity index (χ4v) is 7.94. The Bertz CT molecular complexity index is 2280. The van der Waals surface area contributed by atoms with Crippen LogP contribution in [0, 0.1) is 10.8 Å². The molecule has 25 heteroatoms. The van der Waals surface area contributed by atoms with Crippen LogP contribution in [0.2, 0.25) is 0 Å². The first kappa shape index (κ1) is 56.2. The molecule has 1 aliphatic heterocycles. The number of aromatic nitrogens is 1. The van der Waals surface area contributed by atoms with E-state index < -0.39 is 103 Å². The third-order valence-corrected chi connectivity index (χ3v) is 11.6. The number of nitrogens with one attached hydrogen (secondary N) is 13. The van der Waals surface area contributed by atoms with E-state index in [4.69, 9.17) is 28.0 Å². The molecule has 71 heavy (non-hydrogen) atoms. The Kier molecular flexibility index (Phi) is 23.0. The highest BCUT2D eigenvalue weighted by molar-refractivity contribution is 5.95. The number of rotatable bonds is 17. The smallest absolute Gasteiger partial charge is 0.243 e. The molecule has 7 amide bonds. The Balaban J connectivity index is 1.68. The SMILES string of the molecule is CC(=O)N[C@@H](CCCNC(=N)N)C(O)N[C@H]1CC(=O)NCCCC[C@@H](C(N)=O)NC(=O)[C@H](Cc2c[nH]c3ccccc23)NC(=O)[C@H](CCCNC(=N)N)NC(=O)[C@@H](Cc2ccccc2)NC(O)CNC1=O. The summed E-state index contributed by atoms with van der Waals surface area (Å²) in [7, 11) is 0. The first-order chi connectivity index (χ1) is 33.9. The van der Waals surface area contributed by atoms with Crippen molar-refractivity contribution in [2.24, 2.45) is 17.2 Å². The van der Waals surface area contributed by atoms with Crippen molar-refractivity contribution in [1.29, 1.82) is 10.8 Å². The molecule has 388 valence electrons. The molecule has 2 aromatic carbocycles. The molecule has 1 saturated heterocycles. The lowest BCUT2D eigenvalue weighted by Crippen LogP contribution is -2.60. The predicted octanol–water partition coefficient (Wildman–Crippen LogP) is -3.72. The average Bonchev–Trinajstić information content (AvgIpc) is 3.73. The van der Waals surface area contributed by atoms with Gasteiger partial charge in [-0.15, -0.1) is 0 Å². The largest absolute Gasteiger partial charge is 0.377 e. The fraction of sp³-hybridized carbons (Fsp3) is 0.500. The molecule has 8 atom stereocenters. The molecular formula is C46H70N16O9. The van der Waals surface area contributed by atoms with Gasteiger partial charge in [0.1, 0.15) is 30.6 Å². The quantitative estimate of drug-likeness (QED) is 0.0268. The van der Waals surface area contributed by atoms with Crippen LogP contribution in [0.3, 0.4) is 0 Å². The van der Waals surface area contributed by atoms with E-state index in [2.05, 4.69) is 58.2 Å². The van der Waals surface area contributed by atoms with Crippen molar-refractivity contribution in [3.8, 4) is 0 Å². The summed E-state index contributed by atoms with van der Waals surface area (Å²) >= 11 is 0. The summed E-state index contributed by atoms with van der Waals surface area (Å²) in [5, 5.41) is 65.3. The number of carbonyl (C=O) groups excluding carboxylic acids is 7. The number of aromatic amines is 1. The van der Waals surface area contributed by atoms with Crippen LogP contribution in [0.15, 0.2) is 60.8 Å². The normalized spacial score (nSPS) is 22.3. The molecular weight excluding hydrogens is 921 g/mol. The zero-order valence-electron chi connectivity index (χ0n) is 39.8. The van der Waals surface area contributed by atoms with E-state index in [0.29, 0.717) is 24.0 Å². The topological polar surface area (TPSA) is 422 Å². The lowest BCUT2D eigenvalue weighted by molar-refractivity contribution is -0.134. The minimum atomic E-state index is -1.60. The van der Waals surface area contributed by atoms with E-state index >= 15 is 0 Å². The molecule has 1 aliphatic rings. The molecule has 4 rings (SSSR count). The summed E-state index contributed by atoms with van der Waals surface area (Å²) in [6, 6.07) is 8.70. The number of hydrogen-bond acceptors (Lipinski definition) is 13. The number of para-hydroxylation sites is 1. The summed E-state index contributed by atoms with van der Waals surface area (Å²) in [6.45, 7) is 1.20. The van der Waals surface area contributed by atoms with Gasteiger partial charge in [0.15, 0.2) is 11.9 Å². The Hall–Kier alpha value is -7.35. The third-order valence-electron chi connectivity index (χ3n) is 11.6. The minimum absolute atomic E-state index is 0.00898. The van der Waals surface area contributed by atoms with Crippen LogP contribution in [-0.2, 0) is 46.4 Å². The molecule has 1 fully saturated rings. The Morgan fingerprint density at radius 1 is 0.789 bits per heavy atom. The number of guanidine groups is 2. The van der Waals surface area contributed by atoms with Crippen molar-refractivity contribution < 1.29 is 43.8 Å². The lowest BCUT2D eigenvalue weighted by Gasteiger charge is -2.29. The van der Waals surface area contributed by atoms with Crippen molar-refractivity contribution in [3.63, 3.8) is 0 Å². The van der Waals surface area contributed by atoms with E-state index in [1.165, 1.54) is 6.92 Å². The van der Waals surface area contributed by atoms with Gasteiger partial charge in [-0.3, -0.25) is 55.0 Å². The maximum absolute atomic E-state index is 14.4. The number of primary amides is 1. The third kappa shape index (κ3) is 19.9. The van der Waals surface area contributed by atoms with Gasteiger partial charge in [-0.1, -0.05) is 48.5 Å². The predicted molar refractivity (Wildman–Crippen MR) is 263 cm³/mol. The highest BCUT2D eigenvalue weighted by Gasteiger charge is 2.33. The molecule has 0 radical (unpaired) electrons. The number of aliphatic hydroxyl groups excluding tert-OH is 2. The zero-order chi connectivity index (χ0) is 51.9. The van der Waals surface area contributed by atoms with Crippen molar-refractivity contribution in [1.82, 2.24) is 58.2 Å². The minimum Gasteiger partial charge on any atom is -0.377 e. The number of carbonyl (C=O) groups is 7. The number of fused-ring (bicyclic) bond motifs is 1. The second kappa shape index (κ2) is 29.0. The molecule has 0 aliphatic carbocycles. The van der Waals surface area contributed by atoms with Crippen LogP contribution < -0.4 is 70.4 Å². The van der Waals surface area contributed by atoms with E-state index in [1.807, 2.05) is 24.3 Å². The lowest BCUT2D eigenvalue weighted by atomic mass is 10.0. The number of β-amino-alcohol motifs (C(OH)–C–C–N with tert-alkyl or cyclic N) is 1. The van der Waals surface area contributed by atoms with Crippen LogP contribution >= 0.6 is 0 Å². The first-order valence-corrected chi connectivity index (χ1v) is 23.5. The second-order valence-electron chi connectivity index (χ2n) is 17.3. The number of amides is 7. The van der Waals surface area contributed by atoms with Gasteiger partial charge < -0.3 is 74.9 Å². The first-order valence-electron chi connectivity index (χ1n) is 23.5. The number of hydrogen-bond donors (Lipinski definition) is 18.